The van der Waals surface area contributed by atoms with Crippen LogP contribution in [-0.2, 0) is 6.42 Å². The van der Waals surface area contributed by atoms with E-state index in [2.05, 4.69) is 29.0 Å². The largest absolute Gasteiger partial charge is 0.301 e. The van der Waals surface area contributed by atoms with Gasteiger partial charge in [0.05, 0.1) is 11.1 Å². The van der Waals surface area contributed by atoms with Crippen LogP contribution in [0.1, 0.15) is 34.0 Å². The first-order chi connectivity index (χ1) is 14.5. The molecule has 0 amide bonds. The first-order valence-electron chi connectivity index (χ1n) is 9.80. The lowest BCUT2D eigenvalue weighted by atomic mass is 10.0. The van der Waals surface area contributed by atoms with Crippen LogP contribution in [0.4, 0.5) is 0 Å². The van der Waals surface area contributed by atoms with E-state index in [1.165, 1.54) is 28.7 Å². The second-order valence-corrected chi connectivity index (χ2v) is 9.08. The molecule has 2 aromatic heterocycles. The average Bonchev–Trinajstić information content (AvgIpc) is 3.18. The SMILES string of the molecule is CCc1ccc(-c2csc3nc(SCC(=O)c4ccc(C)c(C)c4)[nH]c(=O)c23)cc1. The molecule has 0 aliphatic rings. The van der Waals surface area contributed by atoms with Gasteiger partial charge in [0, 0.05) is 16.5 Å². The van der Waals surface area contributed by atoms with E-state index in [-0.39, 0.29) is 17.1 Å². The highest BCUT2D eigenvalue weighted by molar-refractivity contribution is 7.99. The van der Waals surface area contributed by atoms with Gasteiger partial charge in [-0.1, -0.05) is 55.1 Å². The Kier molecular flexibility index (Phi) is 5.88. The van der Waals surface area contributed by atoms with E-state index in [0.717, 1.165) is 28.7 Å². The quantitative estimate of drug-likeness (QED) is 0.236. The molecule has 0 aliphatic heterocycles. The van der Waals surface area contributed by atoms with Gasteiger partial charge in [0.1, 0.15) is 4.83 Å². The molecular formula is C24H22N2O2S2. The number of H-pyrrole nitrogens is 1. The summed E-state index contributed by atoms with van der Waals surface area (Å²) in [5.41, 5.74) is 5.94. The molecule has 0 aliphatic carbocycles. The number of thiophene rings is 1. The normalized spacial score (nSPS) is 11.2. The zero-order valence-corrected chi connectivity index (χ0v) is 18.7. The minimum Gasteiger partial charge on any atom is -0.301 e. The molecule has 0 atom stereocenters. The van der Waals surface area contributed by atoms with E-state index < -0.39 is 0 Å². The summed E-state index contributed by atoms with van der Waals surface area (Å²) in [6, 6.07) is 14.0. The summed E-state index contributed by atoms with van der Waals surface area (Å²) >= 11 is 2.71. The summed E-state index contributed by atoms with van der Waals surface area (Å²) in [6.07, 6.45) is 0.980. The Morgan fingerprint density at radius 3 is 2.57 bits per heavy atom. The number of benzene rings is 2. The summed E-state index contributed by atoms with van der Waals surface area (Å²) in [5, 5.41) is 3.05. The van der Waals surface area contributed by atoms with E-state index in [1.54, 1.807) is 0 Å². The molecule has 30 heavy (non-hydrogen) atoms. The highest BCUT2D eigenvalue weighted by atomic mass is 32.2. The van der Waals surface area contributed by atoms with E-state index in [1.807, 2.05) is 49.6 Å². The minimum absolute atomic E-state index is 0.0220. The maximum Gasteiger partial charge on any atom is 0.260 e. The van der Waals surface area contributed by atoms with Crippen molar-refractivity contribution in [3.05, 3.63) is 80.5 Å². The molecule has 6 heteroatoms. The third kappa shape index (κ3) is 4.11. The number of nitrogens with one attached hydrogen (secondary N) is 1. The Morgan fingerprint density at radius 1 is 1.10 bits per heavy atom. The molecule has 0 saturated carbocycles. The monoisotopic (exact) mass is 434 g/mol. The standard InChI is InChI=1S/C24H22N2O2S2/c1-4-16-6-9-17(10-7-16)19-12-29-23-21(19)22(28)25-24(26-23)30-13-20(27)18-8-5-14(2)15(3)11-18/h5-12H,4,13H2,1-3H3,(H,25,26,28). The Labute approximate surface area is 183 Å². The van der Waals surface area contributed by atoms with Crippen molar-refractivity contribution in [1.82, 2.24) is 9.97 Å². The van der Waals surface area contributed by atoms with Crippen molar-refractivity contribution >= 4 is 39.1 Å². The molecule has 0 fully saturated rings. The number of aromatic nitrogens is 2. The average molecular weight is 435 g/mol. The molecule has 4 aromatic rings. The smallest absolute Gasteiger partial charge is 0.260 e. The van der Waals surface area contributed by atoms with E-state index in [9.17, 15) is 9.59 Å². The summed E-state index contributed by atoms with van der Waals surface area (Å²) in [4.78, 5) is 33.4. The van der Waals surface area contributed by atoms with Crippen LogP contribution >= 0.6 is 23.1 Å². The highest BCUT2D eigenvalue weighted by Crippen LogP contribution is 2.31. The molecule has 2 heterocycles. The Hall–Kier alpha value is -2.70. The second kappa shape index (κ2) is 8.58. The second-order valence-electron chi connectivity index (χ2n) is 7.26. The highest BCUT2D eigenvalue weighted by Gasteiger charge is 2.15. The van der Waals surface area contributed by atoms with E-state index >= 15 is 0 Å². The van der Waals surface area contributed by atoms with E-state index in [0.29, 0.717) is 20.9 Å². The summed E-state index contributed by atoms with van der Waals surface area (Å²) < 4.78 is 0. The Morgan fingerprint density at radius 2 is 1.87 bits per heavy atom. The van der Waals surface area contributed by atoms with Gasteiger partial charge in [0.2, 0.25) is 0 Å². The van der Waals surface area contributed by atoms with Crippen molar-refractivity contribution in [3.8, 4) is 11.1 Å². The van der Waals surface area contributed by atoms with Gasteiger partial charge in [0.15, 0.2) is 10.9 Å². The van der Waals surface area contributed by atoms with Crippen LogP contribution in [0.3, 0.4) is 0 Å². The molecule has 0 radical (unpaired) electrons. The molecule has 2 aromatic carbocycles. The third-order valence-corrected chi connectivity index (χ3v) is 7.01. The molecule has 0 unspecified atom stereocenters. The van der Waals surface area contributed by atoms with Gasteiger partial charge < -0.3 is 4.98 Å². The van der Waals surface area contributed by atoms with Gasteiger partial charge in [-0.15, -0.1) is 11.3 Å². The van der Waals surface area contributed by atoms with Gasteiger partial charge in [-0.2, -0.15) is 0 Å². The first kappa shape index (κ1) is 20.6. The number of aryl methyl sites for hydroxylation is 3. The number of nitrogens with zero attached hydrogens (tertiary/aromatic N) is 1. The summed E-state index contributed by atoms with van der Waals surface area (Å²) in [5.74, 6) is 0.252. The molecule has 0 bridgehead atoms. The zero-order chi connectivity index (χ0) is 21.3. The van der Waals surface area contributed by atoms with Gasteiger partial charge in [0.25, 0.3) is 5.56 Å². The van der Waals surface area contributed by atoms with Gasteiger partial charge in [-0.05, 0) is 48.6 Å². The van der Waals surface area contributed by atoms with Crippen molar-refractivity contribution in [2.24, 2.45) is 0 Å². The van der Waals surface area contributed by atoms with Crippen LogP contribution < -0.4 is 5.56 Å². The number of hydrogen-bond acceptors (Lipinski definition) is 5. The number of rotatable bonds is 6. The molecular weight excluding hydrogens is 412 g/mol. The summed E-state index contributed by atoms with van der Waals surface area (Å²) in [6.45, 7) is 6.14. The molecule has 0 spiro atoms. The lowest BCUT2D eigenvalue weighted by molar-refractivity contribution is 0.102. The number of aromatic amines is 1. The van der Waals surface area contributed by atoms with Crippen molar-refractivity contribution in [3.63, 3.8) is 0 Å². The maximum atomic E-state index is 12.8. The fourth-order valence-electron chi connectivity index (χ4n) is 3.26. The van der Waals surface area contributed by atoms with Crippen LogP contribution in [-0.4, -0.2) is 21.5 Å². The van der Waals surface area contributed by atoms with Crippen molar-refractivity contribution in [2.45, 2.75) is 32.3 Å². The molecule has 4 rings (SSSR count). The van der Waals surface area contributed by atoms with Gasteiger partial charge in [-0.3, -0.25) is 9.59 Å². The third-order valence-electron chi connectivity index (χ3n) is 5.26. The lowest BCUT2D eigenvalue weighted by Gasteiger charge is -2.05. The minimum atomic E-state index is -0.169. The number of fused-ring (bicyclic) bond motifs is 1. The molecule has 0 saturated heterocycles. The number of ketones is 1. The van der Waals surface area contributed by atoms with Crippen molar-refractivity contribution < 1.29 is 4.79 Å². The van der Waals surface area contributed by atoms with Crippen molar-refractivity contribution in [1.29, 1.82) is 0 Å². The fraction of sp³-hybridized carbons (Fsp3) is 0.208. The van der Waals surface area contributed by atoms with Crippen LogP contribution in [0, 0.1) is 13.8 Å². The van der Waals surface area contributed by atoms with Crippen LogP contribution in [0.15, 0.2) is 57.8 Å². The maximum absolute atomic E-state index is 12.8. The summed E-state index contributed by atoms with van der Waals surface area (Å²) in [7, 11) is 0. The number of carbonyl (C=O) groups is 1. The molecule has 4 nitrogen and oxygen atoms in total. The Bertz CT molecular complexity index is 1290. The number of carbonyl (C=O) groups excluding carboxylic acids is 1. The zero-order valence-electron chi connectivity index (χ0n) is 17.1. The number of Topliss-reactive ketones (excluding diaryl/α,β-unsaturated/α-hetero) is 1. The van der Waals surface area contributed by atoms with Crippen molar-refractivity contribution in [2.75, 3.05) is 5.75 Å². The Balaban J connectivity index is 1.57. The number of hydrogen-bond donors (Lipinski definition) is 1. The molecule has 1 N–H and O–H groups in total. The van der Waals surface area contributed by atoms with Gasteiger partial charge >= 0.3 is 0 Å². The molecule has 152 valence electrons. The lowest BCUT2D eigenvalue weighted by Crippen LogP contribution is -2.10. The predicted octanol–water partition coefficient (Wildman–Crippen LogP) is 5.81. The van der Waals surface area contributed by atoms with Crippen LogP contribution in [0.25, 0.3) is 21.3 Å². The van der Waals surface area contributed by atoms with Crippen LogP contribution in [0.2, 0.25) is 0 Å². The topological polar surface area (TPSA) is 62.8 Å². The van der Waals surface area contributed by atoms with E-state index in [4.69, 9.17) is 0 Å². The van der Waals surface area contributed by atoms with Crippen LogP contribution in [0.5, 0.6) is 0 Å². The first-order valence-corrected chi connectivity index (χ1v) is 11.7. The van der Waals surface area contributed by atoms with Gasteiger partial charge in [-0.25, -0.2) is 4.98 Å². The fourth-order valence-corrected chi connectivity index (χ4v) is 5.02. The predicted molar refractivity (Wildman–Crippen MR) is 126 cm³/mol. The number of thioether (sulfide) groups is 1.